The normalized spacial score (nSPS) is 15.4. The molecule has 21 heavy (non-hydrogen) atoms. The number of hydrogen-bond acceptors (Lipinski definition) is 5. The molecule has 1 saturated heterocycles. The summed E-state index contributed by atoms with van der Waals surface area (Å²) in [6, 6.07) is 9.54. The van der Waals surface area contributed by atoms with Gasteiger partial charge in [-0.3, -0.25) is 0 Å². The number of rotatable bonds is 10. The molecule has 0 aromatic heterocycles. The predicted octanol–water partition coefficient (Wildman–Crippen LogP) is 4.67. The molecule has 1 aromatic rings. The molecule has 0 radical (unpaired) electrons. The second-order valence-electron chi connectivity index (χ2n) is 4.71. The fraction of sp³-hybridized carbons (Fsp3) is 0.600. The van der Waals surface area contributed by atoms with Crippen LogP contribution in [0.15, 0.2) is 24.3 Å². The highest BCUT2D eigenvalue weighted by Crippen LogP contribution is 2.66. The molecular formula is C15H24O3S2Si. The Hall–Kier alpha value is 0.0169. The zero-order chi connectivity index (χ0) is 15.1. The van der Waals surface area contributed by atoms with E-state index >= 15 is 0 Å². The van der Waals surface area contributed by atoms with Gasteiger partial charge in [0.05, 0.1) is 4.58 Å². The van der Waals surface area contributed by atoms with Crippen LogP contribution in [0.1, 0.15) is 36.5 Å². The van der Waals surface area contributed by atoms with Crippen molar-refractivity contribution in [2.24, 2.45) is 0 Å². The lowest BCUT2D eigenvalue weighted by Crippen LogP contribution is -2.46. The van der Waals surface area contributed by atoms with Gasteiger partial charge < -0.3 is 13.3 Å². The second-order valence-corrected chi connectivity index (χ2v) is 10.2. The van der Waals surface area contributed by atoms with E-state index in [0.717, 1.165) is 12.5 Å². The molecule has 2 rings (SSSR count). The summed E-state index contributed by atoms with van der Waals surface area (Å²) in [7, 11) is 1.34. The van der Waals surface area contributed by atoms with Gasteiger partial charge >= 0.3 is 8.80 Å². The van der Waals surface area contributed by atoms with Crippen molar-refractivity contribution in [3.05, 3.63) is 35.4 Å². The first-order valence-electron chi connectivity index (χ1n) is 7.56. The van der Waals surface area contributed by atoms with Gasteiger partial charge in [-0.05, 0) is 38.3 Å². The summed E-state index contributed by atoms with van der Waals surface area (Å²) in [5.74, 6) is 0. The van der Waals surface area contributed by atoms with E-state index in [1.807, 2.05) is 42.4 Å². The Kier molecular flexibility index (Phi) is 7.11. The summed E-state index contributed by atoms with van der Waals surface area (Å²) in [6.07, 6.45) is 0.958. The fourth-order valence-corrected chi connectivity index (χ4v) is 6.50. The van der Waals surface area contributed by atoms with E-state index in [1.54, 1.807) is 0 Å². The van der Waals surface area contributed by atoms with Crippen LogP contribution in [-0.2, 0) is 19.7 Å². The Balaban J connectivity index is 2.06. The second kappa shape index (κ2) is 8.60. The van der Waals surface area contributed by atoms with Crippen LogP contribution in [0.5, 0.6) is 0 Å². The van der Waals surface area contributed by atoms with Crippen molar-refractivity contribution < 1.29 is 13.3 Å². The maximum absolute atomic E-state index is 5.93. The van der Waals surface area contributed by atoms with Crippen molar-refractivity contribution in [1.29, 1.82) is 0 Å². The third-order valence-corrected chi connectivity index (χ3v) is 8.39. The van der Waals surface area contributed by atoms with Crippen LogP contribution in [0, 0.1) is 0 Å². The van der Waals surface area contributed by atoms with Crippen molar-refractivity contribution in [1.82, 2.24) is 0 Å². The largest absolute Gasteiger partial charge is 0.501 e. The molecule has 0 bridgehead atoms. The standard InChI is InChI=1S/C15H24O3S2Si/c1-4-16-21(17-5-2,18-6-3)12-11-13-9-7-8-10-14(13)15-19-20-15/h7-10,15H,4-6,11-12H2,1-3H3. The minimum atomic E-state index is -2.53. The van der Waals surface area contributed by atoms with Crippen LogP contribution >= 0.6 is 21.6 Å². The summed E-state index contributed by atoms with van der Waals surface area (Å²) >= 11 is 0. The predicted molar refractivity (Wildman–Crippen MR) is 93.5 cm³/mol. The smallest absolute Gasteiger partial charge is 0.374 e. The molecule has 1 heterocycles. The van der Waals surface area contributed by atoms with Gasteiger partial charge in [-0.1, -0.05) is 45.9 Å². The summed E-state index contributed by atoms with van der Waals surface area (Å²) in [5, 5.41) is 0. The minimum absolute atomic E-state index is 0.614. The maximum Gasteiger partial charge on any atom is 0.501 e. The highest BCUT2D eigenvalue weighted by molar-refractivity contribution is 8.92. The quantitative estimate of drug-likeness (QED) is 0.349. The van der Waals surface area contributed by atoms with Crippen molar-refractivity contribution in [2.75, 3.05) is 19.8 Å². The van der Waals surface area contributed by atoms with E-state index in [4.69, 9.17) is 13.3 Å². The zero-order valence-electron chi connectivity index (χ0n) is 13.0. The summed E-state index contributed by atoms with van der Waals surface area (Å²) in [4.78, 5) is 0. The molecule has 0 N–H and O–H groups in total. The average Bonchev–Trinajstić information content (AvgIpc) is 3.31. The molecule has 1 fully saturated rings. The number of aryl methyl sites for hydroxylation is 1. The number of benzene rings is 1. The van der Waals surface area contributed by atoms with E-state index in [9.17, 15) is 0 Å². The average molecular weight is 345 g/mol. The third kappa shape index (κ3) is 5.01. The van der Waals surface area contributed by atoms with Gasteiger partial charge in [0.1, 0.15) is 0 Å². The van der Waals surface area contributed by atoms with Crippen molar-refractivity contribution in [3.63, 3.8) is 0 Å². The monoisotopic (exact) mass is 344 g/mol. The molecule has 1 aromatic carbocycles. The SMILES string of the molecule is CCO[Si](CCc1ccccc1C1SS1)(OCC)OCC. The van der Waals surface area contributed by atoms with Crippen LogP contribution in [0.25, 0.3) is 0 Å². The summed E-state index contributed by atoms with van der Waals surface area (Å²) in [5.41, 5.74) is 2.84. The van der Waals surface area contributed by atoms with Gasteiger partial charge in [-0.25, -0.2) is 0 Å². The first kappa shape index (κ1) is 17.4. The molecule has 0 aliphatic carbocycles. The lowest BCUT2D eigenvalue weighted by molar-refractivity contribution is 0.0714. The topological polar surface area (TPSA) is 27.7 Å². The van der Waals surface area contributed by atoms with Gasteiger partial charge in [0.2, 0.25) is 0 Å². The maximum atomic E-state index is 5.93. The van der Waals surface area contributed by atoms with E-state index in [1.165, 1.54) is 11.1 Å². The van der Waals surface area contributed by atoms with Crippen LogP contribution in [0.2, 0.25) is 6.04 Å². The Morgan fingerprint density at radius 2 is 1.52 bits per heavy atom. The van der Waals surface area contributed by atoms with Crippen LogP contribution < -0.4 is 0 Å². The Morgan fingerprint density at radius 1 is 0.952 bits per heavy atom. The Bertz CT molecular complexity index is 424. The van der Waals surface area contributed by atoms with E-state index < -0.39 is 8.80 Å². The van der Waals surface area contributed by atoms with Crippen LogP contribution in [0.3, 0.4) is 0 Å². The molecule has 0 spiro atoms. The minimum Gasteiger partial charge on any atom is -0.374 e. The molecule has 0 saturated carbocycles. The van der Waals surface area contributed by atoms with Gasteiger partial charge in [0, 0.05) is 25.9 Å². The van der Waals surface area contributed by atoms with Gasteiger partial charge in [0.25, 0.3) is 0 Å². The van der Waals surface area contributed by atoms with Crippen LogP contribution in [-0.4, -0.2) is 28.6 Å². The lowest BCUT2D eigenvalue weighted by Gasteiger charge is -2.28. The van der Waals surface area contributed by atoms with Gasteiger partial charge in [0.15, 0.2) is 0 Å². The fourth-order valence-electron chi connectivity index (χ4n) is 2.41. The Labute approximate surface area is 136 Å². The lowest BCUT2D eigenvalue weighted by atomic mass is 10.1. The van der Waals surface area contributed by atoms with Crippen molar-refractivity contribution in [2.45, 2.75) is 37.8 Å². The molecule has 1 aliphatic rings. The summed E-state index contributed by atoms with van der Waals surface area (Å²) < 4.78 is 18.4. The molecule has 0 atom stereocenters. The van der Waals surface area contributed by atoms with Gasteiger partial charge in [-0.15, -0.1) is 0 Å². The number of hydrogen-bond donors (Lipinski definition) is 0. The van der Waals surface area contributed by atoms with Gasteiger partial charge in [-0.2, -0.15) is 0 Å². The highest BCUT2D eigenvalue weighted by atomic mass is 33.2. The molecular weight excluding hydrogens is 320 g/mol. The highest BCUT2D eigenvalue weighted by Gasteiger charge is 2.40. The Morgan fingerprint density at radius 3 is 2.05 bits per heavy atom. The molecule has 0 unspecified atom stereocenters. The molecule has 1 aliphatic heterocycles. The van der Waals surface area contributed by atoms with E-state index in [-0.39, 0.29) is 0 Å². The zero-order valence-corrected chi connectivity index (χ0v) is 15.6. The van der Waals surface area contributed by atoms with Crippen molar-refractivity contribution >= 4 is 30.4 Å². The first-order chi connectivity index (χ1) is 10.2. The summed E-state index contributed by atoms with van der Waals surface area (Å²) in [6.45, 7) is 7.94. The van der Waals surface area contributed by atoms with E-state index in [2.05, 4.69) is 24.3 Å². The molecule has 0 amide bonds. The van der Waals surface area contributed by atoms with E-state index in [0.29, 0.717) is 24.4 Å². The first-order valence-corrected chi connectivity index (χ1v) is 11.8. The van der Waals surface area contributed by atoms with Crippen LogP contribution in [0.4, 0.5) is 0 Å². The third-order valence-electron chi connectivity index (χ3n) is 3.29. The molecule has 118 valence electrons. The van der Waals surface area contributed by atoms with Crippen molar-refractivity contribution in [3.8, 4) is 0 Å². The molecule has 6 heteroatoms. The molecule has 3 nitrogen and oxygen atoms in total.